The third-order valence-corrected chi connectivity index (χ3v) is 8.56. The number of hydrogen-bond acceptors (Lipinski definition) is 6. The average molecular weight is 522 g/mol. The average Bonchev–Trinajstić information content (AvgIpc) is 3.43. The number of anilines is 1. The van der Waals surface area contributed by atoms with Gasteiger partial charge >= 0.3 is 6.18 Å². The maximum Gasteiger partial charge on any atom is 0.419 e. The first-order chi connectivity index (χ1) is 16.5. The summed E-state index contributed by atoms with van der Waals surface area (Å²) in [6, 6.07) is 15.4. The Morgan fingerprint density at radius 2 is 1.91 bits per heavy atom. The van der Waals surface area contributed by atoms with Gasteiger partial charge in [-0.15, -0.1) is 11.3 Å². The van der Waals surface area contributed by atoms with Crippen LogP contribution in [0.3, 0.4) is 0 Å². The standard InChI is InChI=1S/C24H22F3N3O3S2/c1-30-13-11-19(15-30)33-21-14-18(6-7-20(21)24(25,26)27)29-35(31,32)23-9-8-22(34-23)17-4-2-16(3-5-17)10-12-28/h2-9,14,19,29H,10-11,13,15H2,1H3/t19-/m1/s1. The second kappa shape index (κ2) is 9.89. The topological polar surface area (TPSA) is 82.4 Å². The van der Waals surface area contributed by atoms with Gasteiger partial charge in [0.15, 0.2) is 0 Å². The van der Waals surface area contributed by atoms with Crippen molar-refractivity contribution < 1.29 is 26.3 Å². The lowest BCUT2D eigenvalue weighted by Crippen LogP contribution is -2.23. The minimum Gasteiger partial charge on any atom is -0.488 e. The van der Waals surface area contributed by atoms with Crippen LogP contribution in [0.1, 0.15) is 17.5 Å². The lowest BCUT2D eigenvalue weighted by Gasteiger charge is -2.19. The molecule has 0 radical (unpaired) electrons. The Kier molecular flexibility index (Phi) is 7.07. The SMILES string of the molecule is CN1CC[C@@H](Oc2cc(NS(=O)(=O)c3ccc(-c4ccc(CC#N)cc4)s3)ccc2C(F)(F)F)C1. The van der Waals surface area contributed by atoms with E-state index >= 15 is 0 Å². The second-order valence-corrected chi connectivity index (χ2v) is 11.2. The second-order valence-electron chi connectivity index (χ2n) is 8.26. The molecule has 0 aliphatic carbocycles. The molecule has 3 aromatic rings. The molecule has 0 bridgehead atoms. The van der Waals surface area contributed by atoms with Gasteiger partial charge in [-0.1, -0.05) is 24.3 Å². The van der Waals surface area contributed by atoms with E-state index in [9.17, 15) is 21.6 Å². The minimum atomic E-state index is -4.64. The number of benzene rings is 2. The number of nitrogens with one attached hydrogen (secondary N) is 1. The number of likely N-dealkylation sites (tertiary alicyclic amines) is 1. The van der Waals surface area contributed by atoms with E-state index in [0.717, 1.165) is 40.7 Å². The maximum atomic E-state index is 13.5. The summed E-state index contributed by atoms with van der Waals surface area (Å²) in [7, 11) is -2.18. The molecule has 0 unspecified atom stereocenters. The first-order valence-corrected chi connectivity index (χ1v) is 13.0. The van der Waals surface area contributed by atoms with Gasteiger partial charge in [0, 0.05) is 24.0 Å². The third kappa shape index (κ3) is 5.96. The summed E-state index contributed by atoms with van der Waals surface area (Å²) in [6.45, 7) is 1.20. The molecule has 184 valence electrons. The van der Waals surface area contributed by atoms with Crippen molar-refractivity contribution in [2.45, 2.75) is 29.3 Å². The molecule has 6 nitrogen and oxygen atoms in total. The molecule has 1 aliphatic heterocycles. The Balaban J connectivity index is 1.56. The molecule has 2 aromatic carbocycles. The predicted octanol–water partition coefficient (Wildman–Crippen LogP) is 5.38. The number of likely N-dealkylation sites (N-methyl/N-ethyl adjacent to an activating group) is 1. The van der Waals surface area contributed by atoms with Gasteiger partial charge in [0.05, 0.1) is 23.7 Å². The van der Waals surface area contributed by atoms with Crippen LogP contribution >= 0.6 is 11.3 Å². The van der Waals surface area contributed by atoms with Crippen LogP contribution in [-0.2, 0) is 22.6 Å². The van der Waals surface area contributed by atoms with Crippen molar-refractivity contribution in [3.05, 3.63) is 65.7 Å². The van der Waals surface area contributed by atoms with Crippen LogP contribution in [0.15, 0.2) is 58.8 Å². The molecule has 1 aliphatic rings. The number of nitrogens with zero attached hydrogens (tertiary/aromatic N) is 2. The van der Waals surface area contributed by atoms with E-state index in [1.807, 2.05) is 24.1 Å². The molecular weight excluding hydrogens is 499 g/mol. The zero-order valence-electron chi connectivity index (χ0n) is 18.7. The Hall–Kier alpha value is -3.07. The molecule has 1 saturated heterocycles. The highest BCUT2D eigenvalue weighted by Crippen LogP contribution is 2.39. The van der Waals surface area contributed by atoms with Crippen LogP contribution in [0, 0.1) is 11.3 Å². The molecule has 2 heterocycles. The van der Waals surface area contributed by atoms with E-state index in [-0.39, 0.29) is 16.3 Å². The van der Waals surface area contributed by atoms with Crippen molar-refractivity contribution >= 4 is 27.0 Å². The lowest BCUT2D eigenvalue weighted by atomic mass is 10.1. The van der Waals surface area contributed by atoms with Gasteiger partial charge in [-0.05, 0) is 48.9 Å². The van der Waals surface area contributed by atoms with Crippen molar-refractivity contribution in [3.8, 4) is 22.3 Å². The summed E-state index contributed by atoms with van der Waals surface area (Å²) >= 11 is 1.04. The Morgan fingerprint density at radius 1 is 1.17 bits per heavy atom. The van der Waals surface area contributed by atoms with E-state index in [4.69, 9.17) is 10.00 Å². The highest BCUT2D eigenvalue weighted by Gasteiger charge is 2.36. The highest BCUT2D eigenvalue weighted by atomic mass is 32.2. The minimum absolute atomic E-state index is 0.0184. The molecule has 0 amide bonds. The van der Waals surface area contributed by atoms with E-state index in [1.165, 1.54) is 6.07 Å². The van der Waals surface area contributed by atoms with Gasteiger partial charge in [0.1, 0.15) is 16.1 Å². The summed E-state index contributed by atoms with van der Waals surface area (Å²) in [4.78, 5) is 2.66. The molecule has 0 saturated carbocycles. The van der Waals surface area contributed by atoms with E-state index in [2.05, 4.69) is 10.8 Å². The van der Waals surface area contributed by atoms with Crippen LogP contribution in [0.25, 0.3) is 10.4 Å². The molecule has 1 aromatic heterocycles. The normalized spacial score (nSPS) is 16.7. The molecule has 11 heteroatoms. The van der Waals surface area contributed by atoms with E-state index in [1.54, 1.807) is 18.2 Å². The summed E-state index contributed by atoms with van der Waals surface area (Å²) in [5.74, 6) is -0.401. The van der Waals surface area contributed by atoms with E-state index in [0.29, 0.717) is 24.4 Å². The number of ether oxygens (including phenoxy) is 1. The van der Waals surface area contributed by atoms with Crippen molar-refractivity contribution in [1.82, 2.24) is 4.90 Å². The number of rotatable bonds is 7. The van der Waals surface area contributed by atoms with Crippen LogP contribution < -0.4 is 9.46 Å². The predicted molar refractivity (Wildman–Crippen MR) is 128 cm³/mol. The monoisotopic (exact) mass is 521 g/mol. The first kappa shape index (κ1) is 25.0. The third-order valence-electron chi connectivity index (χ3n) is 5.55. The number of halogens is 3. The summed E-state index contributed by atoms with van der Waals surface area (Å²) < 4.78 is 74.5. The Bertz CT molecular complexity index is 1350. The van der Waals surface area contributed by atoms with Crippen molar-refractivity contribution in [3.63, 3.8) is 0 Å². The van der Waals surface area contributed by atoms with Gasteiger partial charge in [0.25, 0.3) is 10.0 Å². The lowest BCUT2D eigenvalue weighted by molar-refractivity contribution is -0.139. The van der Waals surface area contributed by atoms with E-state index < -0.39 is 33.6 Å². The van der Waals surface area contributed by atoms with Gasteiger partial charge in [0.2, 0.25) is 0 Å². The number of thiophene rings is 1. The fourth-order valence-corrected chi connectivity index (χ4v) is 6.15. The molecule has 0 spiro atoms. The summed E-state index contributed by atoms with van der Waals surface area (Å²) in [5.41, 5.74) is 0.681. The summed E-state index contributed by atoms with van der Waals surface area (Å²) in [6.07, 6.45) is -4.18. The quantitative estimate of drug-likeness (QED) is 0.451. The fourth-order valence-electron chi connectivity index (χ4n) is 3.79. The Labute approximate surface area is 205 Å². The van der Waals surface area contributed by atoms with Gasteiger partial charge < -0.3 is 9.64 Å². The number of nitriles is 1. The zero-order valence-corrected chi connectivity index (χ0v) is 20.3. The van der Waals surface area contributed by atoms with Crippen LogP contribution in [-0.4, -0.2) is 39.6 Å². The largest absolute Gasteiger partial charge is 0.488 e. The number of sulfonamides is 1. The van der Waals surface area contributed by atoms with Gasteiger partial charge in [-0.3, -0.25) is 4.72 Å². The maximum absolute atomic E-state index is 13.5. The van der Waals surface area contributed by atoms with Crippen LogP contribution in [0.4, 0.5) is 18.9 Å². The van der Waals surface area contributed by atoms with Crippen molar-refractivity contribution in [2.75, 3.05) is 24.9 Å². The van der Waals surface area contributed by atoms with Crippen LogP contribution in [0.2, 0.25) is 0 Å². The molecule has 35 heavy (non-hydrogen) atoms. The molecular formula is C24H22F3N3O3S2. The fraction of sp³-hybridized carbons (Fsp3) is 0.292. The number of hydrogen-bond donors (Lipinski definition) is 1. The summed E-state index contributed by atoms with van der Waals surface area (Å²) in [5, 5.41) is 8.79. The molecule has 1 fully saturated rings. The van der Waals surface area contributed by atoms with Crippen molar-refractivity contribution in [1.29, 1.82) is 5.26 Å². The first-order valence-electron chi connectivity index (χ1n) is 10.7. The smallest absolute Gasteiger partial charge is 0.419 e. The van der Waals surface area contributed by atoms with Gasteiger partial charge in [-0.25, -0.2) is 8.42 Å². The van der Waals surface area contributed by atoms with Gasteiger partial charge in [-0.2, -0.15) is 18.4 Å². The Morgan fingerprint density at radius 3 is 2.54 bits per heavy atom. The molecule has 4 rings (SSSR count). The molecule has 1 N–H and O–H groups in total. The number of alkyl halides is 3. The van der Waals surface area contributed by atoms with Crippen molar-refractivity contribution in [2.24, 2.45) is 0 Å². The van der Waals surface area contributed by atoms with Crippen LogP contribution in [0.5, 0.6) is 5.75 Å². The highest BCUT2D eigenvalue weighted by molar-refractivity contribution is 7.94. The zero-order chi connectivity index (χ0) is 25.2. The molecule has 1 atom stereocenters.